The van der Waals surface area contributed by atoms with E-state index in [0.717, 1.165) is 17.7 Å². The number of nitro groups is 1. The molecule has 8 heteroatoms. The number of amides is 1. The summed E-state index contributed by atoms with van der Waals surface area (Å²) in [5, 5.41) is 22.2. The zero-order chi connectivity index (χ0) is 16.8. The highest BCUT2D eigenvalue weighted by molar-refractivity contribution is 6.01. The monoisotopic (exact) mass is 316 g/mol. The summed E-state index contributed by atoms with van der Waals surface area (Å²) in [5.74, 6) is -1.40. The van der Waals surface area contributed by atoms with E-state index in [4.69, 9.17) is 9.84 Å². The van der Waals surface area contributed by atoms with E-state index in [1.165, 1.54) is 6.07 Å². The maximum Gasteiger partial charge on any atom is 0.412 e. The van der Waals surface area contributed by atoms with E-state index in [2.05, 4.69) is 5.32 Å². The van der Waals surface area contributed by atoms with Gasteiger partial charge < -0.3 is 9.84 Å². The Bertz CT molecular complexity index is 713. The molecule has 1 amide bonds. The number of carbonyl (C=O) groups excluding carboxylic acids is 1. The van der Waals surface area contributed by atoms with Crippen molar-refractivity contribution in [2.45, 2.75) is 6.61 Å². The van der Waals surface area contributed by atoms with Gasteiger partial charge in [-0.2, -0.15) is 0 Å². The summed E-state index contributed by atoms with van der Waals surface area (Å²) in [4.78, 5) is 33.1. The second-order valence-corrected chi connectivity index (χ2v) is 4.45. The Morgan fingerprint density at radius 3 is 2.43 bits per heavy atom. The molecule has 0 radical (unpaired) electrons. The van der Waals surface area contributed by atoms with Gasteiger partial charge in [-0.15, -0.1) is 0 Å². The van der Waals surface area contributed by atoms with Gasteiger partial charge in [-0.05, 0) is 11.6 Å². The number of benzene rings is 2. The first kappa shape index (κ1) is 16.0. The van der Waals surface area contributed by atoms with Crippen LogP contribution in [0.2, 0.25) is 0 Å². The second-order valence-electron chi connectivity index (χ2n) is 4.45. The molecule has 2 rings (SSSR count). The van der Waals surface area contributed by atoms with Gasteiger partial charge in [0, 0.05) is 6.07 Å². The van der Waals surface area contributed by atoms with E-state index in [-0.39, 0.29) is 6.61 Å². The molecule has 0 aliphatic rings. The molecule has 0 atom stereocenters. The quantitative estimate of drug-likeness (QED) is 0.646. The van der Waals surface area contributed by atoms with Gasteiger partial charge in [0.15, 0.2) is 0 Å². The number of aromatic carboxylic acids is 1. The highest BCUT2D eigenvalue weighted by Crippen LogP contribution is 2.28. The molecular weight excluding hydrogens is 304 g/mol. The maximum absolute atomic E-state index is 11.8. The number of nitro benzene ring substituents is 1. The van der Waals surface area contributed by atoms with E-state index in [1.807, 2.05) is 0 Å². The van der Waals surface area contributed by atoms with Crippen molar-refractivity contribution < 1.29 is 24.4 Å². The molecule has 0 aromatic heterocycles. The fourth-order valence-electron chi connectivity index (χ4n) is 1.86. The molecule has 0 aliphatic heterocycles. The smallest absolute Gasteiger partial charge is 0.412 e. The second kappa shape index (κ2) is 7.03. The Morgan fingerprint density at radius 2 is 1.83 bits per heavy atom. The zero-order valence-corrected chi connectivity index (χ0v) is 11.8. The molecule has 0 heterocycles. The minimum absolute atomic E-state index is 0.0459. The average Bonchev–Trinajstić information content (AvgIpc) is 2.53. The molecule has 0 saturated carbocycles. The van der Waals surface area contributed by atoms with Gasteiger partial charge >= 0.3 is 12.1 Å². The molecule has 2 aromatic rings. The summed E-state index contributed by atoms with van der Waals surface area (Å²) in [6, 6.07) is 12.3. The first-order valence-electron chi connectivity index (χ1n) is 6.47. The number of nitrogens with zero attached hydrogens (tertiary/aromatic N) is 1. The predicted molar refractivity (Wildman–Crippen MR) is 80.3 cm³/mol. The zero-order valence-electron chi connectivity index (χ0n) is 11.8. The fraction of sp³-hybridized carbons (Fsp3) is 0.0667. The lowest BCUT2D eigenvalue weighted by Crippen LogP contribution is -2.17. The van der Waals surface area contributed by atoms with Crippen molar-refractivity contribution in [3.05, 3.63) is 69.8 Å². The van der Waals surface area contributed by atoms with Crippen molar-refractivity contribution in [3.63, 3.8) is 0 Å². The van der Waals surface area contributed by atoms with Gasteiger partial charge in [-0.1, -0.05) is 36.4 Å². The van der Waals surface area contributed by atoms with E-state index in [1.54, 1.807) is 30.3 Å². The summed E-state index contributed by atoms with van der Waals surface area (Å²) in [6.45, 7) is -0.0459. The summed E-state index contributed by atoms with van der Waals surface area (Å²) in [7, 11) is 0. The number of carboxylic acids is 1. The van der Waals surface area contributed by atoms with Gasteiger partial charge in [-0.3, -0.25) is 15.4 Å². The molecule has 0 saturated heterocycles. The van der Waals surface area contributed by atoms with Crippen LogP contribution in [0.4, 0.5) is 16.2 Å². The van der Waals surface area contributed by atoms with Crippen molar-refractivity contribution in [2.24, 2.45) is 0 Å². The number of carboxylic acid groups (broad SMARTS) is 1. The molecule has 0 bridgehead atoms. The first-order chi connectivity index (χ1) is 11.0. The number of hydrogen-bond acceptors (Lipinski definition) is 5. The van der Waals surface area contributed by atoms with E-state index in [9.17, 15) is 19.7 Å². The molecule has 0 spiro atoms. The van der Waals surface area contributed by atoms with Crippen molar-refractivity contribution >= 4 is 23.4 Å². The van der Waals surface area contributed by atoms with Crippen molar-refractivity contribution in [2.75, 3.05) is 5.32 Å². The average molecular weight is 316 g/mol. The third kappa shape index (κ3) is 4.03. The molecule has 2 aromatic carbocycles. The van der Waals surface area contributed by atoms with Crippen molar-refractivity contribution in [3.8, 4) is 0 Å². The van der Waals surface area contributed by atoms with Crippen LogP contribution in [0.25, 0.3) is 0 Å². The summed E-state index contributed by atoms with van der Waals surface area (Å²) in [6.07, 6.45) is -0.981. The molecular formula is C15H12N2O6. The highest BCUT2D eigenvalue weighted by atomic mass is 16.6. The van der Waals surface area contributed by atoms with Crippen LogP contribution < -0.4 is 5.32 Å². The minimum atomic E-state index is -1.40. The van der Waals surface area contributed by atoms with Gasteiger partial charge in [0.1, 0.15) is 12.3 Å². The van der Waals surface area contributed by atoms with Crippen LogP contribution >= 0.6 is 0 Å². The number of carbonyl (C=O) groups is 2. The molecule has 2 N–H and O–H groups in total. The van der Waals surface area contributed by atoms with E-state index in [0.29, 0.717) is 0 Å². The number of para-hydroxylation sites is 1. The molecule has 8 nitrogen and oxygen atoms in total. The molecule has 0 aliphatic carbocycles. The standard InChI is InChI=1S/C15H12N2O6/c18-14(19)11-7-4-8-12(17(21)22)13(11)16-15(20)23-9-10-5-2-1-3-6-10/h1-8H,9H2,(H,16,20)(H,18,19). The summed E-state index contributed by atoms with van der Waals surface area (Å²) in [5.41, 5.74) is -0.607. The van der Waals surface area contributed by atoms with Crippen LogP contribution in [0.5, 0.6) is 0 Å². The normalized spacial score (nSPS) is 9.91. The molecule has 118 valence electrons. The molecule has 0 fully saturated rings. The number of nitrogens with one attached hydrogen (secondary N) is 1. The van der Waals surface area contributed by atoms with E-state index < -0.39 is 33.9 Å². The Balaban J connectivity index is 2.16. The van der Waals surface area contributed by atoms with Crippen LogP contribution in [-0.4, -0.2) is 22.1 Å². The van der Waals surface area contributed by atoms with Gasteiger partial charge in [-0.25, -0.2) is 9.59 Å². The van der Waals surface area contributed by atoms with Gasteiger partial charge in [0.2, 0.25) is 0 Å². The summed E-state index contributed by atoms with van der Waals surface area (Å²) < 4.78 is 4.94. The maximum atomic E-state index is 11.8. The first-order valence-corrected chi connectivity index (χ1v) is 6.47. The van der Waals surface area contributed by atoms with Gasteiger partial charge in [0.25, 0.3) is 5.69 Å². The topological polar surface area (TPSA) is 119 Å². The van der Waals surface area contributed by atoms with Gasteiger partial charge in [0.05, 0.1) is 10.5 Å². The lowest BCUT2D eigenvalue weighted by molar-refractivity contribution is -0.384. The SMILES string of the molecule is O=C(Nc1c(C(=O)O)cccc1[N+](=O)[O-])OCc1ccccc1. The third-order valence-electron chi connectivity index (χ3n) is 2.91. The van der Waals surface area contributed by atoms with Crippen LogP contribution in [-0.2, 0) is 11.3 Å². The van der Waals surface area contributed by atoms with Crippen molar-refractivity contribution in [1.82, 2.24) is 0 Å². The Kier molecular flexibility index (Phi) is 4.88. The lowest BCUT2D eigenvalue weighted by atomic mass is 10.1. The Hall–Kier alpha value is -3.42. The Labute approximate surface area is 130 Å². The molecule has 23 heavy (non-hydrogen) atoms. The number of hydrogen-bond donors (Lipinski definition) is 2. The van der Waals surface area contributed by atoms with Crippen LogP contribution in [0.3, 0.4) is 0 Å². The lowest BCUT2D eigenvalue weighted by Gasteiger charge is -2.09. The van der Waals surface area contributed by atoms with E-state index >= 15 is 0 Å². The third-order valence-corrected chi connectivity index (χ3v) is 2.91. The number of rotatable bonds is 5. The van der Waals surface area contributed by atoms with Crippen LogP contribution in [0, 0.1) is 10.1 Å². The molecule has 0 unspecified atom stereocenters. The number of ether oxygens (including phenoxy) is 1. The van der Waals surface area contributed by atoms with Crippen LogP contribution in [0.1, 0.15) is 15.9 Å². The Morgan fingerprint density at radius 1 is 1.13 bits per heavy atom. The minimum Gasteiger partial charge on any atom is -0.478 e. The highest BCUT2D eigenvalue weighted by Gasteiger charge is 2.23. The predicted octanol–water partition coefficient (Wildman–Crippen LogP) is 3.04. The van der Waals surface area contributed by atoms with Crippen molar-refractivity contribution in [1.29, 1.82) is 0 Å². The summed E-state index contributed by atoms with van der Waals surface area (Å²) >= 11 is 0. The van der Waals surface area contributed by atoms with Crippen LogP contribution in [0.15, 0.2) is 48.5 Å². The largest absolute Gasteiger partial charge is 0.478 e. The fourth-order valence-corrected chi connectivity index (χ4v) is 1.86. The number of anilines is 1.